The fourth-order valence-corrected chi connectivity index (χ4v) is 3.76. The number of carbonyl (C=O) groups is 3. The van der Waals surface area contributed by atoms with Gasteiger partial charge in [0, 0.05) is 51.9 Å². The highest BCUT2D eigenvalue weighted by Crippen LogP contribution is 2.12. The van der Waals surface area contributed by atoms with Gasteiger partial charge in [-0.05, 0) is 25.3 Å². The van der Waals surface area contributed by atoms with Crippen molar-refractivity contribution < 1.29 is 19.1 Å². The van der Waals surface area contributed by atoms with Crippen molar-refractivity contribution in [2.24, 2.45) is 0 Å². The standard InChI is InChI=1S/C21H30N4O4/c1-2-29-21(28)25-10-8-18(9-11-25)22-19(26)20(27)24-14-12-23(13-15-24)16-17-6-4-3-5-7-17/h3-7,18H,2,8-16H2,1H3,(H,22,26). The van der Waals surface area contributed by atoms with Gasteiger partial charge in [-0.2, -0.15) is 0 Å². The minimum absolute atomic E-state index is 0.0866. The Balaban J connectivity index is 1.39. The summed E-state index contributed by atoms with van der Waals surface area (Å²) in [5.41, 5.74) is 1.25. The first kappa shape index (κ1) is 21.1. The Morgan fingerprint density at radius 1 is 0.966 bits per heavy atom. The Bertz CT molecular complexity index is 696. The summed E-state index contributed by atoms with van der Waals surface area (Å²) in [6.07, 6.45) is 0.937. The molecule has 8 nitrogen and oxygen atoms in total. The van der Waals surface area contributed by atoms with Gasteiger partial charge in [0.25, 0.3) is 0 Å². The lowest BCUT2D eigenvalue weighted by atomic mass is 10.1. The predicted molar refractivity (Wildman–Crippen MR) is 108 cm³/mol. The molecule has 0 atom stereocenters. The van der Waals surface area contributed by atoms with Crippen molar-refractivity contribution in [3.63, 3.8) is 0 Å². The number of benzene rings is 1. The van der Waals surface area contributed by atoms with Crippen LogP contribution in [0.1, 0.15) is 25.3 Å². The molecule has 1 aromatic rings. The second-order valence-corrected chi connectivity index (χ2v) is 7.49. The topological polar surface area (TPSA) is 82.2 Å². The van der Waals surface area contributed by atoms with Crippen molar-refractivity contribution >= 4 is 17.9 Å². The van der Waals surface area contributed by atoms with E-state index in [1.807, 2.05) is 18.2 Å². The summed E-state index contributed by atoms with van der Waals surface area (Å²) in [4.78, 5) is 42.2. The highest BCUT2D eigenvalue weighted by Gasteiger charge is 2.29. The monoisotopic (exact) mass is 402 g/mol. The van der Waals surface area contributed by atoms with Gasteiger partial charge in [0.2, 0.25) is 0 Å². The molecule has 158 valence electrons. The van der Waals surface area contributed by atoms with Crippen molar-refractivity contribution in [1.82, 2.24) is 20.0 Å². The average molecular weight is 402 g/mol. The van der Waals surface area contributed by atoms with Gasteiger partial charge in [0.1, 0.15) is 0 Å². The van der Waals surface area contributed by atoms with Crippen LogP contribution in [-0.4, -0.2) is 84.5 Å². The molecular weight excluding hydrogens is 372 g/mol. The molecule has 2 saturated heterocycles. The van der Waals surface area contributed by atoms with E-state index in [-0.39, 0.29) is 12.1 Å². The van der Waals surface area contributed by atoms with Gasteiger partial charge < -0.3 is 19.9 Å². The fraction of sp³-hybridized carbons (Fsp3) is 0.571. The Labute approximate surface area is 171 Å². The van der Waals surface area contributed by atoms with Gasteiger partial charge in [0.15, 0.2) is 0 Å². The number of nitrogens with one attached hydrogen (secondary N) is 1. The summed E-state index contributed by atoms with van der Waals surface area (Å²) >= 11 is 0. The van der Waals surface area contributed by atoms with Crippen LogP contribution in [0.5, 0.6) is 0 Å². The third kappa shape index (κ3) is 5.93. The first-order valence-electron chi connectivity index (χ1n) is 10.3. The van der Waals surface area contributed by atoms with E-state index in [0.29, 0.717) is 45.6 Å². The lowest BCUT2D eigenvalue weighted by molar-refractivity contribution is -0.147. The minimum Gasteiger partial charge on any atom is -0.450 e. The van der Waals surface area contributed by atoms with Crippen LogP contribution in [0.3, 0.4) is 0 Å². The normalized spacial score (nSPS) is 18.4. The van der Waals surface area contributed by atoms with Crippen LogP contribution < -0.4 is 5.32 Å². The Morgan fingerprint density at radius 3 is 2.24 bits per heavy atom. The molecule has 1 N–H and O–H groups in total. The van der Waals surface area contributed by atoms with E-state index >= 15 is 0 Å². The molecule has 0 spiro atoms. The Morgan fingerprint density at radius 2 is 1.62 bits per heavy atom. The molecule has 2 aliphatic rings. The summed E-state index contributed by atoms with van der Waals surface area (Å²) in [5.74, 6) is -1.01. The summed E-state index contributed by atoms with van der Waals surface area (Å²) in [5, 5.41) is 2.84. The minimum atomic E-state index is -0.545. The molecule has 2 heterocycles. The highest BCUT2D eigenvalue weighted by molar-refractivity contribution is 6.35. The largest absolute Gasteiger partial charge is 0.450 e. The Hall–Kier alpha value is -2.61. The predicted octanol–water partition coefficient (Wildman–Crippen LogP) is 1.07. The highest BCUT2D eigenvalue weighted by atomic mass is 16.6. The quantitative estimate of drug-likeness (QED) is 0.762. The number of likely N-dealkylation sites (tertiary alicyclic amines) is 1. The molecule has 8 heteroatoms. The van der Waals surface area contributed by atoms with Gasteiger partial charge in [0.05, 0.1) is 6.61 Å². The van der Waals surface area contributed by atoms with Crippen LogP contribution in [-0.2, 0) is 20.9 Å². The molecule has 29 heavy (non-hydrogen) atoms. The molecule has 0 aromatic heterocycles. The summed E-state index contributed by atoms with van der Waals surface area (Å²) in [7, 11) is 0. The number of carbonyl (C=O) groups excluding carboxylic acids is 3. The van der Waals surface area contributed by atoms with E-state index in [4.69, 9.17) is 4.74 Å². The summed E-state index contributed by atoms with van der Waals surface area (Å²) in [6, 6.07) is 10.2. The maximum atomic E-state index is 12.5. The number of piperazine rings is 1. The molecule has 0 radical (unpaired) electrons. The second-order valence-electron chi connectivity index (χ2n) is 7.49. The van der Waals surface area contributed by atoms with Crippen molar-refractivity contribution in [2.75, 3.05) is 45.9 Å². The molecule has 0 saturated carbocycles. The van der Waals surface area contributed by atoms with Crippen LogP contribution in [0.4, 0.5) is 4.79 Å². The van der Waals surface area contributed by atoms with Crippen LogP contribution in [0, 0.1) is 0 Å². The van der Waals surface area contributed by atoms with Crippen LogP contribution >= 0.6 is 0 Å². The van der Waals surface area contributed by atoms with E-state index in [1.54, 1.807) is 16.7 Å². The van der Waals surface area contributed by atoms with Gasteiger partial charge in [-0.15, -0.1) is 0 Å². The SMILES string of the molecule is CCOC(=O)N1CCC(NC(=O)C(=O)N2CCN(Cc3ccccc3)CC2)CC1. The first-order valence-corrected chi connectivity index (χ1v) is 10.3. The molecule has 2 fully saturated rings. The third-order valence-corrected chi connectivity index (χ3v) is 5.46. The zero-order chi connectivity index (χ0) is 20.6. The van der Waals surface area contributed by atoms with E-state index in [2.05, 4.69) is 22.3 Å². The number of amides is 3. The molecular formula is C21H30N4O4. The van der Waals surface area contributed by atoms with E-state index in [0.717, 1.165) is 19.6 Å². The maximum Gasteiger partial charge on any atom is 0.409 e. The number of rotatable bonds is 4. The smallest absolute Gasteiger partial charge is 0.409 e. The maximum absolute atomic E-state index is 12.5. The molecule has 3 rings (SSSR count). The second kappa shape index (κ2) is 10.2. The first-order chi connectivity index (χ1) is 14.1. The summed E-state index contributed by atoms with van der Waals surface area (Å²) < 4.78 is 5.00. The van der Waals surface area contributed by atoms with Crippen molar-refractivity contribution in [2.45, 2.75) is 32.4 Å². The van der Waals surface area contributed by atoms with Gasteiger partial charge >= 0.3 is 17.9 Å². The van der Waals surface area contributed by atoms with E-state index in [9.17, 15) is 14.4 Å². The van der Waals surface area contributed by atoms with Crippen molar-refractivity contribution in [3.05, 3.63) is 35.9 Å². The lowest BCUT2D eigenvalue weighted by Crippen LogP contribution is -2.54. The number of hydrogen-bond donors (Lipinski definition) is 1. The van der Waals surface area contributed by atoms with Gasteiger partial charge in [-0.25, -0.2) is 4.79 Å². The molecule has 0 aliphatic carbocycles. The van der Waals surface area contributed by atoms with Crippen LogP contribution in [0.25, 0.3) is 0 Å². The molecule has 1 aromatic carbocycles. The zero-order valence-electron chi connectivity index (χ0n) is 17.0. The number of nitrogens with zero attached hydrogens (tertiary/aromatic N) is 3. The Kier molecular flexibility index (Phi) is 7.46. The summed E-state index contributed by atoms with van der Waals surface area (Å²) in [6.45, 7) is 6.65. The molecule has 3 amide bonds. The molecule has 0 unspecified atom stereocenters. The van der Waals surface area contributed by atoms with Crippen molar-refractivity contribution in [3.8, 4) is 0 Å². The van der Waals surface area contributed by atoms with Crippen LogP contribution in [0.2, 0.25) is 0 Å². The lowest BCUT2D eigenvalue weighted by Gasteiger charge is -2.35. The fourth-order valence-electron chi connectivity index (χ4n) is 3.76. The van der Waals surface area contributed by atoms with Gasteiger partial charge in [-0.3, -0.25) is 14.5 Å². The average Bonchev–Trinajstić information content (AvgIpc) is 2.75. The number of piperidine rings is 1. The van der Waals surface area contributed by atoms with Gasteiger partial charge in [-0.1, -0.05) is 30.3 Å². The third-order valence-electron chi connectivity index (χ3n) is 5.46. The van der Waals surface area contributed by atoms with Crippen LogP contribution in [0.15, 0.2) is 30.3 Å². The van der Waals surface area contributed by atoms with E-state index in [1.165, 1.54) is 5.56 Å². The van der Waals surface area contributed by atoms with Crippen molar-refractivity contribution in [1.29, 1.82) is 0 Å². The zero-order valence-corrected chi connectivity index (χ0v) is 17.0. The number of ether oxygens (including phenoxy) is 1. The molecule has 0 bridgehead atoms. The number of hydrogen-bond acceptors (Lipinski definition) is 5. The van der Waals surface area contributed by atoms with E-state index < -0.39 is 11.8 Å². The molecule has 2 aliphatic heterocycles.